The van der Waals surface area contributed by atoms with Crippen LogP contribution in [-0.4, -0.2) is 61.4 Å². The molecule has 0 saturated carbocycles. The molecule has 1 unspecified atom stereocenters. The molecule has 3 aromatic rings. The van der Waals surface area contributed by atoms with Crippen molar-refractivity contribution in [1.82, 2.24) is 34.5 Å². The van der Waals surface area contributed by atoms with Crippen molar-refractivity contribution in [2.75, 3.05) is 26.2 Å². The van der Waals surface area contributed by atoms with Crippen LogP contribution in [-0.2, 0) is 18.3 Å². The summed E-state index contributed by atoms with van der Waals surface area (Å²) in [4.78, 5) is 15.9. The van der Waals surface area contributed by atoms with E-state index in [1.807, 2.05) is 49.4 Å². The van der Waals surface area contributed by atoms with Gasteiger partial charge < -0.3 is 15.0 Å². The molecule has 0 aromatic carbocycles. The number of rotatable bonds is 5. The smallest absolute Gasteiger partial charge is 0.194 e. The van der Waals surface area contributed by atoms with Crippen LogP contribution in [0.1, 0.15) is 30.0 Å². The fourth-order valence-electron chi connectivity index (χ4n) is 3.51. The molecule has 9 nitrogen and oxygen atoms in total. The van der Waals surface area contributed by atoms with Crippen molar-refractivity contribution in [3.63, 3.8) is 0 Å². The first-order valence-electron chi connectivity index (χ1n) is 10.2. The van der Waals surface area contributed by atoms with Gasteiger partial charge in [-0.05, 0) is 25.5 Å². The van der Waals surface area contributed by atoms with E-state index in [4.69, 9.17) is 9.73 Å². The molecule has 1 aliphatic heterocycles. The van der Waals surface area contributed by atoms with E-state index in [0.29, 0.717) is 13.2 Å². The van der Waals surface area contributed by atoms with Crippen molar-refractivity contribution in [2.24, 2.45) is 12.0 Å². The highest BCUT2D eigenvalue weighted by Crippen LogP contribution is 2.21. The van der Waals surface area contributed by atoms with Crippen LogP contribution in [0, 0.1) is 6.92 Å². The Labute approximate surface area is 176 Å². The van der Waals surface area contributed by atoms with Crippen LogP contribution in [0.3, 0.4) is 0 Å². The van der Waals surface area contributed by atoms with Gasteiger partial charge in [0.2, 0.25) is 0 Å². The first-order chi connectivity index (χ1) is 14.6. The molecule has 3 aromatic heterocycles. The third-order valence-electron chi connectivity index (χ3n) is 5.09. The number of hydrogen-bond acceptors (Lipinski definition) is 5. The fourth-order valence-corrected chi connectivity index (χ4v) is 3.51. The Morgan fingerprint density at radius 2 is 2.20 bits per heavy atom. The summed E-state index contributed by atoms with van der Waals surface area (Å²) >= 11 is 0. The van der Waals surface area contributed by atoms with E-state index in [0.717, 1.165) is 48.4 Å². The van der Waals surface area contributed by atoms with Crippen molar-refractivity contribution < 1.29 is 4.74 Å². The lowest BCUT2D eigenvalue weighted by atomic mass is 10.1. The standard InChI is InChI=1S/C21H28N8O/c1-4-22-21(28-9-10-30-19(15-28)18-13-26-27(3)14-18)25-12-17-5-6-20(24-11-17)29-8-7-23-16(29)2/h5-8,11,13-14,19H,4,9-10,12,15H2,1-3H3,(H,22,25). The number of ether oxygens (including phenoxy) is 1. The van der Waals surface area contributed by atoms with Gasteiger partial charge in [0.15, 0.2) is 5.96 Å². The monoisotopic (exact) mass is 408 g/mol. The largest absolute Gasteiger partial charge is 0.370 e. The van der Waals surface area contributed by atoms with E-state index in [9.17, 15) is 0 Å². The lowest BCUT2D eigenvalue weighted by Crippen LogP contribution is -2.48. The summed E-state index contributed by atoms with van der Waals surface area (Å²) in [5, 5.41) is 7.67. The Morgan fingerprint density at radius 3 is 2.87 bits per heavy atom. The Hall–Kier alpha value is -3.20. The summed E-state index contributed by atoms with van der Waals surface area (Å²) in [6, 6.07) is 4.06. The summed E-state index contributed by atoms with van der Waals surface area (Å²) < 4.78 is 9.73. The highest BCUT2D eigenvalue weighted by atomic mass is 16.5. The molecule has 1 atom stereocenters. The van der Waals surface area contributed by atoms with E-state index in [1.165, 1.54) is 0 Å². The number of pyridine rings is 1. The van der Waals surface area contributed by atoms with Gasteiger partial charge in [0.1, 0.15) is 17.7 Å². The highest BCUT2D eigenvalue weighted by molar-refractivity contribution is 5.80. The lowest BCUT2D eigenvalue weighted by Gasteiger charge is -2.34. The molecule has 0 amide bonds. The molecule has 1 saturated heterocycles. The maximum absolute atomic E-state index is 5.96. The van der Waals surface area contributed by atoms with Crippen molar-refractivity contribution in [1.29, 1.82) is 0 Å². The van der Waals surface area contributed by atoms with Crippen molar-refractivity contribution >= 4 is 5.96 Å². The third kappa shape index (κ3) is 4.51. The maximum atomic E-state index is 5.96. The summed E-state index contributed by atoms with van der Waals surface area (Å²) in [7, 11) is 1.92. The Bertz CT molecular complexity index is 991. The molecular formula is C21H28N8O. The van der Waals surface area contributed by atoms with Gasteiger partial charge in [0.25, 0.3) is 0 Å². The quantitative estimate of drug-likeness (QED) is 0.512. The molecule has 0 aliphatic carbocycles. The summed E-state index contributed by atoms with van der Waals surface area (Å²) in [5.41, 5.74) is 2.15. The minimum atomic E-state index is -0.00400. The molecule has 0 bridgehead atoms. The second-order valence-corrected chi connectivity index (χ2v) is 7.29. The highest BCUT2D eigenvalue weighted by Gasteiger charge is 2.25. The molecule has 1 fully saturated rings. The van der Waals surface area contributed by atoms with Crippen molar-refractivity contribution in [3.05, 3.63) is 60.1 Å². The van der Waals surface area contributed by atoms with Crippen LogP contribution in [0.25, 0.3) is 5.82 Å². The molecule has 0 spiro atoms. The van der Waals surface area contributed by atoms with Crippen LogP contribution in [0.5, 0.6) is 0 Å². The van der Waals surface area contributed by atoms with E-state index in [-0.39, 0.29) is 6.10 Å². The second kappa shape index (κ2) is 9.08. The fraction of sp³-hybridized carbons (Fsp3) is 0.429. The van der Waals surface area contributed by atoms with Crippen LogP contribution in [0.4, 0.5) is 0 Å². The van der Waals surface area contributed by atoms with Crippen LogP contribution >= 0.6 is 0 Å². The predicted octanol–water partition coefficient (Wildman–Crippen LogP) is 1.85. The van der Waals surface area contributed by atoms with E-state index in [2.05, 4.69) is 38.3 Å². The molecule has 1 aliphatic rings. The van der Waals surface area contributed by atoms with Gasteiger partial charge in [-0.2, -0.15) is 5.10 Å². The first-order valence-corrected chi connectivity index (χ1v) is 10.2. The molecule has 0 radical (unpaired) electrons. The maximum Gasteiger partial charge on any atom is 0.194 e. The van der Waals surface area contributed by atoms with Gasteiger partial charge >= 0.3 is 0 Å². The summed E-state index contributed by atoms with van der Waals surface area (Å²) in [5.74, 6) is 2.67. The van der Waals surface area contributed by atoms with Crippen molar-refractivity contribution in [2.45, 2.75) is 26.5 Å². The van der Waals surface area contributed by atoms with E-state index in [1.54, 1.807) is 10.9 Å². The zero-order valence-electron chi connectivity index (χ0n) is 17.7. The zero-order valence-corrected chi connectivity index (χ0v) is 17.7. The number of nitrogens with one attached hydrogen (secondary N) is 1. The van der Waals surface area contributed by atoms with Crippen LogP contribution in [0.2, 0.25) is 0 Å². The normalized spacial score (nSPS) is 17.4. The van der Waals surface area contributed by atoms with Gasteiger partial charge in [0, 0.05) is 50.5 Å². The third-order valence-corrected chi connectivity index (χ3v) is 5.09. The molecule has 9 heteroatoms. The zero-order chi connectivity index (χ0) is 20.9. The van der Waals surface area contributed by atoms with Gasteiger partial charge in [-0.3, -0.25) is 9.25 Å². The second-order valence-electron chi connectivity index (χ2n) is 7.29. The molecular weight excluding hydrogens is 380 g/mol. The number of nitrogens with zero attached hydrogens (tertiary/aromatic N) is 7. The van der Waals surface area contributed by atoms with Crippen LogP contribution < -0.4 is 5.32 Å². The lowest BCUT2D eigenvalue weighted by molar-refractivity contribution is -0.00805. The molecule has 4 rings (SSSR count). The summed E-state index contributed by atoms with van der Waals surface area (Å²) in [6.07, 6.45) is 9.44. The average molecular weight is 409 g/mol. The molecule has 158 valence electrons. The number of aryl methyl sites for hydroxylation is 2. The van der Waals surface area contributed by atoms with Gasteiger partial charge in [-0.15, -0.1) is 0 Å². The minimum absolute atomic E-state index is 0.00400. The Balaban J connectivity index is 1.45. The number of aromatic nitrogens is 5. The van der Waals surface area contributed by atoms with E-state index >= 15 is 0 Å². The van der Waals surface area contributed by atoms with Crippen molar-refractivity contribution in [3.8, 4) is 5.82 Å². The average Bonchev–Trinajstić information content (AvgIpc) is 3.40. The first kappa shape index (κ1) is 20.1. The molecule has 1 N–H and O–H groups in total. The number of aliphatic imine (C=N–C) groups is 1. The van der Waals surface area contributed by atoms with Gasteiger partial charge in [-0.25, -0.2) is 15.0 Å². The van der Waals surface area contributed by atoms with Gasteiger partial charge in [-0.1, -0.05) is 6.07 Å². The molecule has 30 heavy (non-hydrogen) atoms. The predicted molar refractivity (Wildman–Crippen MR) is 114 cm³/mol. The minimum Gasteiger partial charge on any atom is -0.370 e. The molecule has 4 heterocycles. The number of imidazole rings is 1. The number of hydrogen-bond donors (Lipinski definition) is 1. The van der Waals surface area contributed by atoms with Gasteiger partial charge in [0.05, 0.1) is 25.9 Å². The SMILES string of the molecule is CCNC(=NCc1ccc(-n2ccnc2C)nc1)N1CCOC(c2cnn(C)c2)C1. The Kier molecular flexibility index (Phi) is 6.08. The van der Waals surface area contributed by atoms with Crippen LogP contribution in [0.15, 0.2) is 48.1 Å². The topological polar surface area (TPSA) is 85.4 Å². The number of guanidine groups is 1. The summed E-state index contributed by atoms with van der Waals surface area (Å²) in [6.45, 7) is 7.62. The Morgan fingerprint density at radius 1 is 1.30 bits per heavy atom. The number of morpholine rings is 1. The van der Waals surface area contributed by atoms with E-state index < -0.39 is 0 Å².